The van der Waals surface area contributed by atoms with Gasteiger partial charge in [0.15, 0.2) is 5.96 Å². The van der Waals surface area contributed by atoms with Gasteiger partial charge in [-0.15, -0.1) is 24.0 Å². The fourth-order valence-corrected chi connectivity index (χ4v) is 3.46. The van der Waals surface area contributed by atoms with E-state index in [0.717, 1.165) is 49.0 Å². The van der Waals surface area contributed by atoms with Crippen molar-refractivity contribution in [1.29, 1.82) is 0 Å². The van der Waals surface area contributed by atoms with Gasteiger partial charge >= 0.3 is 0 Å². The molecule has 8 heteroatoms. The summed E-state index contributed by atoms with van der Waals surface area (Å²) in [6, 6.07) is 14.0. The Balaban J connectivity index is 0.00000225. The predicted octanol–water partition coefficient (Wildman–Crippen LogP) is 3.29. The van der Waals surface area contributed by atoms with Crippen LogP contribution < -0.4 is 10.6 Å². The van der Waals surface area contributed by atoms with Crippen LogP contribution in [0.1, 0.15) is 5.69 Å². The SMILES string of the molecule is I.NC(=NCCc1cn2ccccc2n1)N1CCN(c2ccc(Cl)cc2)CC1. The van der Waals surface area contributed by atoms with Gasteiger partial charge in [-0.25, -0.2) is 4.98 Å². The number of piperazine rings is 1. The van der Waals surface area contributed by atoms with Crippen LogP contribution in [-0.2, 0) is 6.42 Å². The van der Waals surface area contributed by atoms with E-state index >= 15 is 0 Å². The number of hydrogen-bond acceptors (Lipinski definition) is 3. The fourth-order valence-electron chi connectivity index (χ4n) is 3.34. The van der Waals surface area contributed by atoms with E-state index in [2.05, 4.69) is 31.9 Å². The molecule has 0 unspecified atom stereocenters. The Kier molecular flexibility index (Phi) is 7.01. The summed E-state index contributed by atoms with van der Waals surface area (Å²) in [5.41, 5.74) is 9.40. The highest BCUT2D eigenvalue weighted by molar-refractivity contribution is 14.0. The summed E-state index contributed by atoms with van der Waals surface area (Å²) in [6.07, 6.45) is 4.84. The van der Waals surface area contributed by atoms with Crippen LogP contribution in [0.25, 0.3) is 5.65 Å². The molecule has 3 aromatic rings. The Morgan fingerprint density at radius 2 is 1.82 bits per heavy atom. The number of aromatic nitrogens is 2. The maximum Gasteiger partial charge on any atom is 0.191 e. The third kappa shape index (κ3) is 4.88. The van der Waals surface area contributed by atoms with E-state index in [9.17, 15) is 0 Å². The smallest absolute Gasteiger partial charge is 0.191 e. The molecule has 3 heterocycles. The van der Waals surface area contributed by atoms with Gasteiger partial charge in [-0.05, 0) is 36.4 Å². The van der Waals surface area contributed by atoms with Crippen LogP contribution in [0.5, 0.6) is 0 Å². The molecule has 0 atom stereocenters. The first kappa shape index (κ1) is 20.7. The lowest BCUT2D eigenvalue weighted by Gasteiger charge is -2.36. The van der Waals surface area contributed by atoms with E-state index in [4.69, 9.17) is 17.3 Å². The number of halogens is 2. The van der Waals surface area contributed by atoms with Crippen LogP contribution in [0.4, 0.5) is 5.69 Å². The van der Waals surface area contributed by atoms with E-state index in [1.807, 2.05) is 47.1 Å². The Morgan fingerprint density at radius 1 is 1.07 bits per heavy atom. The highest BCUT2D eigenvalue weighted by atomic mass is 127. The molecule has 0 bridgehead atoms. The summed E-state index contributed by atoms with van der Waals surface area (Å²) >= 11 is 5.97. The normalized spacial score (nSPS) is 15.0. The van der Waals surface area contributed by atoms with E-state index < -0.39 is 0 Å². The molecule has 0 saturated carbocycles. The van der Waals surface area contributed by atoms with Crippen molar-refractivity contribution in [2.75, 3.05) is 37.6 Å². The van der Waals surface area contributed by atoms with E-state index in [1.54, 1.807) is 0 Å². The number of benzene rings is 1. The summed E-state index contributed by atoms with van der Waals surface area (Å²) < 4.78 is 2.03. The van der Waals surface area contributed by atoms with Crippen LogP contribution in [0.3, 0.4) is 0 Å². The molecule has 2 N–H and O–H groups in total. The van der Waals surface area contributed by atoms with Crippen molar-refractivity contribution < 1.29 is 0 Å². The largest absolute Gasteiger partial charge is 0.370 e. The summed E-state index contributed by atoms with van der Waals surface area (Å²) in [7, 11) is 0. The molecule has 1 aliphatic heterocycles. The predicted molar refractivity (Wildman–Crippen MR) is 126 cm³/mol. The minimum Gasteiger partial charge on any atom is -0.370 e. The van der Waals surface area contributed by atoms with Gasteiger partial charge in [-0.2, -0.15) is 0 Å². The van der Waals surface area contributed by atoms with Crippen LogP contribution in [0.15, 0.2) is 59.9 Å². The molecule has 148 valence electrons. The summed E-state index contributed by atoms with van der Waals surface area (Å²) in [6.45, 7) is 4.22. The summed E-state index contributed by atoms with van der Waals surface area (Å²) in [4.78, 5) is 13.6. The molecular weight excluding hydrogens is 487 g/mol. The monoisotopic (exact) mass is 510 g/mol. The number of fused-ring (bicyclic) bond motifs is 1. The molecule has 0 radical (unpaired) electrons. The number of pyridine rings is 1. The van der Waals surface area contributed by atoms with E-state index in [1.165, 1.54) is 5.69 Å². The van der Waals surface area contributed by atoms with Gasteiger partial charge in [0.1, 0.15) is 5.65 Å². The van der Waals surface area contributed by atoms with Gasteiger partial charge in [-0.3, -0.25) is 4.99 Å². The number of aliphatic imine (C=N–C) groups is 1. The van der Waals surface area contributed by atoms with Crippen LogP contribution in [0, 0.1) is 0 Å². The van der Waals surface area contributed by atoms with Gasteiger partial charge < -0.3 is 19.9 Å². The number of hydrogen-bond donors (Lipinski definition) is 1. The molecule has 4 rings (SSSR count). The number of imidazole rings is 1. The average Bonchev–Trinajstić information content (AvgIpc) is 3.11. The van der Waals surface area contributed by atoms with Gasteiger partial charge in [0.2, 0.25) is 0 Å². The number of rotatable bonds is 4. The second-order valence-electron chi connectivity index (χ2n) is 6.64. The highest BCUT2D eigenvalue weighted by Gasteiger charge is 2.18. The second kappa shape index (κ2) is 9.47. The van der Waals surface area contributed by atoms with E-state index in [0.29, 0.717) is 12.5 Å². The Bertz CT molecular complexity index is 898. The van der Waals surface area contributed by atoms with Crippen LogP contribution in [0.2, 0.25) is 5.02 Å². The quantitative estimate of drug-likeness (QED) is 0.332. The zero-order valence-electron chi connectivity index (χ0n) is 15.5. The lowest BCUT2D eigenvalue weighted by atomic mass is 10.2. The van der Waals surface area contributed by atoms with Crippen molar-refractivity contribution in [3.05, 3.63) is 65.6 Å². The molecule has 0 spiro atoms. The van der Waals surface area contributed by atoms with Gasteiger partial charge in [-0.1, -0.05) is 17.7 Å². The van der Waals surface area contributed by atoms with Crippen LogP contribution in [-0.4, -0.2) is 53.0 Å². The summed E-state index contributed by atoms with van der Waals surface area (Å²) in [5, 5.41) is 0.763. The number of anilines is 1. The zero-order chi connectivity index (χ0) is 18.6. The average molecular weight is 511 g/mol. The van der Waals surface area contributed by atoms with Crippen molar-refractivity contribution in [2.24, 2.45) is 10.7 Å². The zero-order valence-corrected chi connectivity index (χ0v) is 18.6. The van der Waals surface area contributed by atoms with Gasteiger partial charge in [0.05, 0.1) is 5.69 Å². The third-order valence-corrected chi connectivity index (χ3v) is 5.10. The maximum absolute atomic E-state index is 6.21. The summed E-state index contributed by atoms with van der Waals surface area (Å²) in [5.74, 6) is 0.620. The van der Waals surface area contributed by atoms with Crippen molar-refractivity contribution in [3.8, 4) is 0 Å². The van der Waals surface area contributed by atoms with Crippen molar-refractivity contribution in [1.82, 2.24) is 14.3 Å². The second-order valence-corrected chi connectivity index (χ2v) is 7.08. The van der Waals surface area contributed by atoms with E-state index in [-0.39, 0.29) is 24.0 Å². The molecule has 1 saturated heterocycles. The van der Waals surface area contributed by atoms with Gasteiger partial charge in [0, 0.05) is 62.2 Å². The molecule has 1 aromatic carbocycles. The third-order valence-electron chi connectivity index (χ3n) is 4.85. The Hall–Kier alpha value is -2.00. The first-order valence-corrected chi connectivity index (χ1v) is 9.55. The van der Waals surface area contributed by atoms with Crippen molar-refractivity contribution >= 4 is 52.9 Å². The van der Waals surface area contributed by atoms with Gasteiger partial charge in [0.25, 0.3) is 0 Å². The lowest BCUT2D eigenvalue weighted by molar-refractivity contribution is 0.381. The first-order valence-electron chi connectivity index (χ1n) is 9.17. The number of guanidine groups is 1. The number of nitrogens with two attached hydrogens (primary N) is 1. The topological polar surface area (TPSA) is 62.2 Å². The van der Waals surface area contributed by atoms with Crippen molar-refractivity contribution in [2.45, 2.75) is 6.42 Å². The molecule has 0 amide bonds. The molecule has 28 heavy (non-hydrogen) atoms. The maximum atomic E-state index is 6.21. The minimum atomic E-state index is 0. The standard InChI is InChI=1S/C20H23ClN6.HI/c21-16-4-6-18(7-5-16)25-11-13-26(14-12-25)20(22)23-9-8-17-15-27-10-2-1-3-19(27)24-17;/h1-7,10,15H,8-9,11-14H2,(H2,22,23);1H. The molecule has 1 fully saturated rings. The molecular formula is C20H24ClIN6. The molecule has 0 aliphatic carbocycles. The molecule has 2 aromatic heterocycles. The first-order chi connectivity index (χ1) is 13.2. The molecule has 1 aliphatic rings. The Morgan fingerprint density at radius 3 is 2.54 bits per heavy atom. The Labute approximate surface area is 187 Å². The minimum absolute atomic E-state index is 0. The van der Waals surface area contributed by atoms with Crippen LogP contribution >= 0.6 is 35.6 Å². The lowest BCUT2D eigenvalue weighted by Crippen LogP contribution is -2.51. The fraction of sp³-hybridized carbons (Fsp3) is 0.300. The molecule has 6 nitrogen and oxygen atoms in total. The van der Waals surface area contributed by atoms with Crippen molar-refractivity contribution in [3.63, 3.8) is 0 Å². The number of nitrogens with zero attached hydrogens (tertiary/aromatic N) is 5. The highest BCUT2D eigenvalue weighted by Crippen LogP contribution is 2.19.